The summed E-state index contributed by atoms with van der Waals surface area (Å²) in [6.45, 7) is 2.62. The first kappa shape index (κ1) is 18.4. The van der Waals surface area contributed by atoms with Gasteiger partial charge in [0.25, 0.3) is 11.8 Å². The Bertz CT molecular complexity index is 965. The Balaban J connectivity index is 1.92. The third-order valence-corrected chi connectivity index (χ3v) is 4.14. The predicted octanol–water partition coefficient (Wildman–Crippen LogP) is 3.13. The van der Waals surface area contributed by atoms with Crippen LogP contribution in [-0.4, -0.2) is 34.9 Å². The molecule has 140 valence electrons. The third kappa shape index (κ3) is 3.92. The van der Waals surface area contributed by atoms with Crippen LogP contribution in [0.2, 0.25) is 0 Å². The Morgan fingerprint density at radius 2 is 1.89 bits per heavy atom. The van der Waals surface area contributed by atoms with E-state index in [-0.39, 0.29) is 17.4 Å². The van der Waals surface area contributed by atoms with Crippen LogP contribution < -0.4 is 15.4 Å². The van der Waals surface area contributed by atoms with Crippen LogP contribution in [0.5, 0.6) is 5.75 Å². The number of carbonyl (C=O) groups is 2. The van der Waals surface area contributed by atoms with Gasteiger partial charge in [0.15, 0.2) is 5.69 Å². The number of anilines is 1. The van der Waals surface area contributed by atoms with E-state index in [1.165, 1.54) is 7.11 Å². The zero-order valence-corrected chi connectivity index (χ0v) is 15.4. The average Bonchev–Trinajstić information content (AvgIpc) is 3.08. The first-order valence-corrected chi connectivity index (χ1v) is 8.85. The molecule has 0 saturated carbocycles. The summed E-state index contributed by atoms with van der Waals surface area (Å²) in [5.41, 5.74) is 1.28. The highest BCUT2D eigenvalue weighted by molar-refractivity contribution is 6.09. The molecule has 7 heteroatoms. The lowest BCUT2D eigenvalue weighted by atomic mass is 10.2. The number of benzene rings is 1. The van der Waals surface area contributed by atoms with Gasteiger partial charge in [-0.1, -0.05) is 31.5 Å². The van der Waals surface area contributed by atoms with Crippen molar-refractivity contribution in [2.75, 3.05) is 19.0 Å². The number of amides is 2. The van der Waals surface area contributed by atoms with Gasteiger partial charge >= 0.3 is 0 Å². The van der Waals surface area contributed by atoms with Crippen molar-refractivity contribution < 1.29 is 14.3 Å². The number of nitrogens with one attached hydrogen (secondary N) is 2. The number of hydrogen-bond donors (Lipinski definition) is 2. The minimum Gasteiger partial charge on any atom is -0.495 e. The van der Waals surface area contributed by atoms with E-state index in [0.29, 0.717) is 23.5 Å². The number of rotatable bonds is 7. The summed E-state index contributed by atoms with van der Waals surface area (Å²) in [7, 11) is 1.54. The summed E-state index contributed by atoms with van der Waals surface area (Å²) in [5.74, 6) is 0.0237. The number of ether oxygens (including phenoxy) is 1. The molecule has 0 radical (unpaired) electrons. The van der Waals surface area contributed by atoms with Gasteiger partial charge in [-0.05, 0) is 30.7 Å². The topological polar surface area (TPSA) is 84.7 Å². The summed E-state index contributed by atoms with van der Waals surface area (Å²) < 4.78 is 6.89. The fourth-order valence-corrected chi connectivity index (χ4v) is 2.75. The molecular formula is C20H22N4O3. The molecule has 1 aromatic carbocycles. The average molecular weight is 366 g/mol. The molecule has 27 heavy (non-hydrogen) atoms. The van der Waals surface area contributed by atoms with Gasteiger partial charge in [0.2, 0.25) is 5.82 Å². The van der Waals surface area contributed by atoms with Crippen LogP contribution in [0.1, 0.15) is 40.9 Å². The highest BCUT2D eigenvalue weighted by Gasteiger charge is 2.21. The van der Waals surface area contributed by atoms with Crippen LogP contribution in [-0.2, 0) is 0 Å². The van der Waals surface area contributed by atoms with E-state index in [1.807, 2.05) is 6.07 Å². The van der Waals surface area contributed by atoms with Crippen molar-refractivity contribution in [3.8, 4) is 5.75 Å². The van der Waals surface area contributed by atoms with Gasteiger partial charge in [-0.3, -0.25) is 14.0 Å². The molecule has 2 N–H and O–H groups in total. The molecule has 0 aliphatic carbocycles. The second-order valence-electron chi connectivity index (χ2n) is 6.00. The molecule has 0 bridgehead atoms. The number of hydrogen-bond acceptors (Lipinski definition) is 4. The maximum Gasteiger partial charge on any atom is 0.287 e. The van der Waals surface area contributed by atoms with E-state index >= 15 is 0 Å². The largest absolute Gasteiger partial charge is 0.495 e. The van der Waals surface area contributed by atoms with Gasteiger partial charge in [0.05, 0.1) is 18.3 Å². The first-order chi connectivity index (χ1) is 13.2. The Morgan fingerprint density at radius 1 is 1.11 bits per heavy atom. The molecular weight excluding hydrogens is 344 g/mol. The van der Waals surface area contributed by atoms with E-state index < -0.39 is 5.91 Å². The normalized spacial score (nSPS) is 10.6. The van der Waals surface area contributed by atoms with Crippen LogP contribution >= 0.6 is 0 Å². The van der Waals surface area contributed by atoms with Crippen LogP contribution in [0.15, 0.2) is 48.7 Å². The smallest absolute Gasteiger partial charge is 0.287 e. The number of fused-ring (bicyclic) bond motifs is 1. The van der Waals surface area contributed by atoms with E-state index in [0.717, 1.165) is 12.8 Å². The summed E-state index contributed by atoms with van der Waals surface area (Å²) >= 11 is 0. The minimum absolute atomic E-state index is 0.183. The Morgan fingerprint density at radius 3 is 2.67 bits per heavy atom. The van der Waals surface area contributed by atoms with Crippen LogP contribution in [0.3, 0.4) is 0 Å². The third-order valence-electron chi connectivity index (χ3n) is 4.14. The quantitative estimate of drug-likeness (QED) is 0.629. The molecule has 0 saturated heterocycles. The van der Waals surface area contributed by atoms with E-state index in [9.17, 15) is 9.59 Å². The zero-order valence-electron chi connectivity index (χ0n) is 15.4. The number of carbonyl (C=O) groups excluding carboxylic acids is 2. The zero-order chi connectivity index (χ0) is 19.2. The molecule has 0 atom stereocenters. The van der Waals surface area contributed by atoms with Crippen molar-refractivity contribution in [3.05, 3.63) is 60.2 Å². The van der Waals surface area contributed by atoms with Crippen LogP contribution in [0, 0.1) is 0 Å². The number of nitrogens with zero attached hydrogens (tertiary/aromatic N) is 2. The fourth-order valence-electron chi connectivity index (χ4n) is 2.75. The lowest BCUT2D eigenvalue weighted by Gasteiger charge is -2.08. The van der Waals surface area contributed by atoms with Crippen molar-refractivity contribution in [2.24, 2.45) is 0 Å². The van der Waals surface area contributed by atoms with Crippen molar-refractivity contribution in [1.29, 1.82) is 0 Å². The molecule has 0 spiro atoms. The molecule has 0 unspecified atom stereocenters. The number of imidazole rings is 1. The number of unbranched alkanes of at least 4 members (excludes halogenated alkanes) is 1. The van der Waals surface area contributed by atoms with Gasteiger partial charge in [-0.2, -0.15) is 0 Å². The van der Waals surface area contributed by atoms with Crippen LogP contribution in [0.4, 0.5) is 5.69 Å². The van der Waals surface area contributed by atoms with Crippen molar-refractivity contribution in [1.82, 2.24) is 14.7 Å². The monoisotopic (exact) mass is 366 g/mol. The maximum absolute atomic E-state index is 12.8. The molecule has 0 aliphatic rings. The second kappa shape index (κ2) is 8.35. The van der Waals surface area contributed by atoms with Gasteiger partial charge in [0.1, 0.15) is 5.75 Å². The van der Waals surface area contributed by atoms with E-state index in [1.54, 1.807) is 47.0 Å². The summed E-state index contributed by atoms with van der Waals surface area (Å²) in [6.07, 6.45) is 3.59. The highest BCUT2D eigenvalue weighted by atomic mass is 16.5. The Hall–Kier alpha value is -3.35. The fraction of sp³-hybridized carbons (Fsp3) is 0.250. The van der Waals surface area contributed by atoms with E-state index in [2.05, 4.69) is 22.5 Å². The van der Waals surface area contributed by atoms with Gasteiger partial charge in [-0.15, -0.1) is 0 Å². The summed E-state index contributed by atoms with van der Waals surface area (Å²) in [4.78, 5) is 29.6. The predicted molar refractivity (Wildman–Crippen MR) is 103 cm³/mol. The molecule has 2 heterocycles. The van der Waals surface area contributed by atoms with Crippen LogP contribution in [0.25, 0.3) is 5.52 Å². The first-order valence-electron chi connectivity index (χ1n) is 8.85. The highest BCUT2D eigenvalue weighted by Crippen LogP contribution is 2.24. The maximum atomic E-state index is 12.8. The molecule has 2 amide bonds. The van der Waals surface area contributed by atoms with Gasteiger partial charge in [0, 0.05) is 12.7 Å². The SMILES string of the molecule is CCCCNC(=O)c1nc(C(=O)Nc2ccccc2OC)c2ccccn12. The molecule has 2 aromatic heterocycles. The Labute approximate surface area is 157 Å². The standard InChI is InChI=1S/C20H22N4O3/c1-3-4-12-21-20(26)18-23-17(15-10-7-8-13-24(15)18)19(25)22-14-9-5-6-11-16(14)27-2/h5-11,13H,3-4,12H2,1-2H3,(H,21,26)(H,22,25). The Kier molecular flexibility index (Phi) is 5.71. The van der Waals surface area contributed by atoms with Crippen molar-refractivity contribution in [2.45, 2.75) is 19.8 Å². The van der Waals surface area contributed by atoms with Gasteiger partial charge in [-0.25, -0.2) is 4.98 Å². The minimum atomic E-state index is -0.407. The van der Waals surface area contributed by atoms with Crippen molar-refractivity contribution in [3.63, 3.8) is 0 Å². The second-order valence-corrected chi connectivity index (χ2v) is 6.00. The number of aromatic nitrogens is 2. The number of para-hydroxylation sites is 2. The molecule has 3 rings (SSSR count). The van der Waals surface area contributed by atoms with Crippen molar-refractivity contribution >= 4 is 23.0 Å². The number of pyridine rings is 1. The lowest BCUT2D eigenvalue weighted by molar-refractivity contribution is 0.0942. The number of methoxy groups -OCH3 is 1. The van der Waals surface area contributed by atoms with Gasteiger partial charge < -0.3 is 15.4 Å². The molecule has 3 aromatic rings. The molecule has 7 nitrogen and oxygen atoms in total. The summed E-state index contributed by atoms with van der Waals surface area (Å²) in [5, 5.41) is 5.64. The molecule has 0 fully saturated rings. The summed E-state index contributed by atoms with van der Waals surface area (Å²) in [6, 6.07) is 12.5. The molecule has 0 aliphatic heterocycles. The lowest BCUT2D eigenvalue weighted by Crippen LogP contribution is -2.26. The van der Waals surface area contributed by atoms with E-state index in [4.69, 9.17) is 4.74 Å².